The van der Waals surface area contributed by atoms with E-state index in [-0.39, 0.29) is 6.54 Å². The van der Waals surface area contributed by atoms with Crippen LogP contribution in [0, 0.1) is 0 Å². The van der Waals surface area contributed by atoms with Crippen molar-refractivity contribution in [2.75, 3.05) is 23.4 Å². The van der Waals surface area contributed by atoms with Crippen molar-refractivity contribution in [3.63, 3.8) is 0 Å². The molecule has 0 fully saturated rings. The lowest BCUT2D eigenvalue weighted by Gasteiger charge is -2.33. The minimum absolute atomic E-state index is 0.302. The number of nitrogens with one attached hydrogen (secondary N) is 2. The summed E-state index contributed by atoms with van der Waals surface area (Å²) in [4.78, 5) is 45.8. The second-order valence-corrected chi connectivity index (χ2v) is 8.57. The number of amides is 3. The van der Waals surface area contributed by atoms with E-state index in [9.17, 15) is 14.4 Å². The van der Waals surface area contributed by atoms with Crippen LogP contribution in [0.5, 0.6) is 0 Å². The predicted molar refractivity (Wildman–Crippen MR) is 135 cm³/mol. The number of fused-ring (bicyclic) bond motifs is 2. The zero-order chi connectivity index (χ0) is 24.5. The van der Waals surface area contributed by atoms with Crippen molar-refractivity contribution in [2.24, 2.45) is 5.73 Å². The highest BCUT2D eigenvalue weighted by atomic mass is 16.2. The van der Waals surface area contributed by atoms with E-state index in [0.717, 1.165) is 22.2 Å². The van der Waals surface area contributed by atoms with Gasteiger partial charge < -0.3 is 20.9 Å². The van der Waals surface area contributed by atoms with Crippen molar-refractivity contribution in [1.82, 2.24) is 10.3 Å². The lowest BCUT2D eigenvalue weighted by atomic mass is 9.96. The number of benzene rings is 3. The number of rotatable bonds is 5. The maximum Gasteiger partial charge on any atom is 0.268 e. The lowest BCUT2D eigenvalue weighted by Crippen LogP contribution is -2.54. The molecule has 35 heavy (non-hydrogen) atoms. The third-order valence-electron chi connectivity index (χ3n) is 6.33. The van der Waals surface area contributed by atoms with Gasteiger partial charge in [-0.25, -0.2) is 0 Å². The van der Waals surface area contributed by atoms with E-state index in [4.69, 9.17) is 5.73 Å². The Balaban J connectivity index is 1.61. The molecule has 3 aromatic carbocycles. The molecule has 0 unspecified atom stereocenters. The van der Waals surface area contributed by atoms with E-state index < -0.39 is 29.8 Å². The average molecular weight is 468 g/mol. The Labute approximate surface area is 202 Å². The molecule has 0 spiro atoms. The Bertz CT molecular complexity index is 1380. The highest BCUT2D eigenvalue weighted by molar-refractivity contribution is 6.08. The normalized spacial score (nSPS) is 17.7. The van der Waals surface area contributed by atoms with E-state index in [1.54, 1.807) is 18.2 Å². The van der Waals surface area contributed by atoms with Gasteiger partial charge in [-0.05, 0) is 29.8 Å². The Morgan fingerprint density at radius 3 is 2.31 bits per heavy atom. The zero-order valence-electron chi connectivity index (χ0n) is 19.1. The summed E-state index contributed by atoms with van der Waals surface area (Å²) < 4.78 is 0. The summed E-state index contributed by atoms with van der Waals surface area (Å²) in [7, 11) is 1.87. The van der Waals surface area contributed by atoms with Crippen molar-refractivity contribution in [3.05, 3.63) is 96.2 Å². The minimum Gasteiger partial charge on any atom is -0.368 e. The van der Waals surface area contributed by atoms with Gasteiger partial charge in [0.1, 0.15) is 18.3 Å². The molecule has 3 amide bonds. The monoisotopic (exact) mass is 467 g/mol. The van der Waals surface area contributed by atoms with Gasteiger partial charge in [0.15, 0.2) is 0 Å². The number of aromatic nitrogens is 1. The summed E-state index contributed by atoms with van der Waals surface area (Å²) in [5.41, 5.74) is 8.84. The molecule has 0 aliphatic carbocycles. The van der Waals surface area contributed by atoms with Gasteiger partial charge in [0.05, 0.1) is 17.4 Å². The molecule has 0 saturated heterocycles. The Hall–Kier alpha value is -4.59. The third-order valence-corrected chi connectivity index (χ3v) is 6.33. The van der Waals surface area contributed by atoms with Gasteiger partial charge in [0.25, 0.3) is 11.8 Å². The van der Waals surface area contributed by atoms with E-state index >= 15 is 0 Å². The molecule has 8 heteroatoms. The molecule has 1 aromatic heterocycles. The molecule has 2 heterocycles. The first kappa shape index (κ1) is 22.2. The Morgan fingerprint density at radius 2 is 1.60 bits per heavy atom. The van der Waals surface area contributed by atoms with Crippen LogP contribution in [0.1, 0.15) is 22.1 Å². The van der Waals surface area contributed by atoms with Crippen LogP contribution in [-0.4, -0.2) is 42.3 Å². The van der Waals surface area contributed by atoms with Crippen molar-refractivity contribution >= 4 is 40.0 Å². The number of hydrogen-bond acceptors (Lipinski definition) is 4. The fourth-order valence-corrected chi connectivity index (χ4v) is 4.73. The molecule has 4 N–H and O–H groups in total. The van der Waals surface area contributed by atoms with Gasteiger partial charge in [-0.3, -0.25) is 19.3 Å². The number of hydrogen-bond donors (Lipinski definition) is 3. The molecular weight excluding hydrogens is 442 g/mol. The summed E-state index contributed by atoms with van der Waals surface area (Å²) in [5.74, 6) is -1.48. The fraction of sp³-hybridized carbons (Fsp3) is 0.148. The van der Waals surface area contributed by atoms with Gasteiger partial charge in [0.2, 0.25) is 5.91 Å². The van der Waals surface area contributed by atoms with Crippen LogP contribution in [0.15, 0.2) is 84.9 Å². The van der Waals surface area contributed by atoms with E-state index in [1.807, 2.05) is 78.7 Å². The first-order chi connectivity index (χ1) is 16.9. The molecule has 0 bridgehead atoms. The lowest BCUT2D eigenvalue weighted by molar-refractivity contribution is -0.123. The number of aromatic amines is 1. The van der Waals surface area contributed by atoms with E-state index in [2.05, 4.69) is 10.3 Å². The molecule has 1 aliphatic rings. The van der Waals surface area contributed by atoms with Crippen molar-refractivity contribution in [3.8, 4) is 0 Å². The van der Waals surface area contributed by atoms with Crippen LogP contribution in [0.3, 0.4) is 0 Å². The summed E-state index contributed by atoms with van der Waals surface area (Å²) in [5, 5.41) is 3.84. The summed E-state index contributed by atoms with van der Waals surface area (Å²) in [6.07, 6.45) is 0. The molecular formula is C27H25N5O3. The minimum atomic E-state index is -0.993. The van der Waals surface area contributed by atoms with Crippen LogP contribution >= 0.6 is 0 Å². The maximum absolute atomic E-state index is 14.0. The van der Waals surface area contributed by atoms with Crippen molar-refractivity contribution < 1.29 is 14.4 Å². The van der Waals surface area contributed by atoms with Crippen LogP contribution in [0.4, 0.5) is 11.4 Å². The molecule has 176 valence electrons. The van der Waals surface area contributed by atoms with Crippen LogP contribution in [-0.2, 0) is 9.59 Å². The number of anilines is 2. The largest absolute Gasteiger partial charge is 0.368 e. The van der Waals surface area contributed by atoms with Gasteiger partial charge >= 0.3 is 0 Å². The topological polar surface area (TPSA) is 112 Å². The van der Waals surface area contributed by atoms with Crippen molar-refractivity contribution in [1.29, 1.82) is 0 Å². The summed E-state index contributed by atoms with van der Waals surface area (Å²) >= 11 is 0. The summed E-state index contributed by atoms with van der Waals surface area (Å²) in [6.45, 7) is -0.302. The maximum atomic E-state index is 14.0. The van der Waals surface area contributed by atoms with Gasteiger partial charge in [-0.15, -0.1) is 0 Å². The van der Waals surface area contributed by atoms with Crippen molar-refractivity contribution in [2.45, 2.75) is 12.1 Å². The Morgan fingerprint density at radius 1 is 0.943 bits per heavy atom. The standard InChI is InChI=1S/C27H25N5O3/c1-31-21-13-7-8-14-22(21)32(16-23(28)33)27(35)24(25(31)17-9-3-2-4-10-17)30-26(34)20-15-18-11-5-6-12-19(18)29-20/h2-15,24-25,29H,16H2,1H3,(H2,28,33)(H,30,34)/t24-,25-/m0/s1. The molecule has 4 aromatic rings. The zero-order valence-corrected chi connectivity index (χ0v) is 19.1. The molecule has 8 nitrogen and oxygen atoms in total. The first-order valence-electron chi connectivity index (χ1n) is 11.3. The number of H-pyrrole nitrogens is 1. The van der Waals surface area contributed by atoms with Gasteiger partial charge in [0, 0.05) is 18.0 Å². The highest BCUT2D eigenvalue weighted by Crippen LogP contribution is 2.39. The van der Waals surface area contributed by atoms with Gasteiger partial charge in [-0.2, -0.15) is 0 Å². The smallest absolute Gasteiger partial charge is 0.268 e. The number of nitrogens with zero attached hydrogens (tertiary/aromatic N) is 2. The molecule has 0 saturated carbocycles. The SMILES string of the molecule is CN1c2ccccc2N(CC(N)=O)C(=O)[C@@H](NC(=O)c2cc3ccccc3[nH]2)[C@@H]1c1ccccc1. The second kappa shape index (κ2) is 8.98. The van der Waals surface area contributed by atoms with Crippen LogP contribution in [0.25, 0.3) is 10.9 Å². The molecule has 2 atom stereocenters. The van der Waals surface area contributed by atoms with E-state index in [1.165, 1.54) is 4.90 Å². The number of para-hydroxylation sites is 3. The average Bonchev–Trinajstić information content (AvgIpc) is 3.28. The van der Waals surface area contributed by atoms with Gasteiger partial charge in [-0.1, -0.05) is 60.7 Å². The number of likely N-dealkylation sites (N-methyl/N-ethyl adjacent to an activating group) is 1. The third kappa shape index (κ3) is 4.10. The molecule has 5 rings (SSSR count). The summed E-state index contributed by atoms with van der Waals surface area (Å²) in [6, 6.07) is 24.6. The number of primary amides is 1. The highest BCUT2D eigenvalue weighted by Gasteiger charge is 2.42. The molecule has 0 radical (unpaired) electrons. The fourth-order valence-electron chi connectivity index (χ4n) is 4.73. The van der Waals surface area contributed by atoms with Crippen LogP contribution < -0.4 is 20.9 Å². The first-order valence-corrected chi connectivity index (χ1v) is 11.3. The molecule has 1 aliphatic heterocycles. The quantitative estimate of drug-likeness (QED) is 0.419. The number of carbonyl (C=O) groups is 3. The number of carbonyl (C=O) groups excluding carboxylic acids is 3. The Kier molecular flexibility index (Phi) is 5.70. The van der Waals surface area contributed by atoms with E-state index in [0.29, 0.717) is 11.4 Å². The second-order valence-electron chi connectivity index (χ2n) is 8.57. The van der Waals surface area contributed by atoms with Crippen LogP contribution in [0.2, 0.25) is 0 Å². The number of nitrogens with two attached hydrogens (primary N) is 1. The predicted octanol–water partition coefficient (Wildman–Crippen LogP) is 2.98.